The minimum Gasteiger partial charge on any atom is -0.381 e. The van der Waals surface area contributed by atoms with Crippen LogP contribution < -0.4 is 11.1 Å². The molecule has 1 amide bonds. The molecule has 0 spiro atoms. The van der Waals surface area contributed by atoms with Gasteiger partial charge in [0, 0.05) is 19.3 Å². The third kappa shape index (κ3) is 2.85. The molecule has 0 aliphatic carbocycles. The first-order valence-electron chi connectivity index (χ1n) is 4.99. The van der Waals surface area contributed by atoms with Crippen molar-refractivity contribution in [3.8, 4) is 0 Å². The Bertz CT molecular complexity index is 260. The molecule has 3 N–H and O–H groups in total. The highest BCUT2D eigenvalue weighted by Crippen LogP contribution is 2.28. The van der Waals surface area contributed by atoms with Gasteiger partial charge < -0.3 is 15.8 Å². The lowest BCUT2D eigenvalue weighted by Crippen LogP contribution is -2.63. The second kappa shape index (κ2) is 4.58. The van der Waals surface area contributed by atoms with E-state index in [-0.39, 0.29) is 6.04 Å². The Hall–Kier alpha value is -0.820. The van der Waals surface area contributed by atoms with Gasteiger partial charge in [-0.2, -0.15) is 13.2 Å². The molecule has 4 nitrogen and oxygen atoms in total. The number of ether oxygens (including phenoxy) is 1. The minimum atomic E-state index is -4.75. The molecule has 0 aromatic rings. The van der Waals surface area contributed by atoms with Crippen molar-refractivity contribution >= 4 is 5.91 Å². The molecule has 16 heavy (non-hydrogen) atoms. The van der Waals surface area contributed by atoms with Gasteiger partial charge in [-0.05, 0) is 19.8 Å². The average Bonchev–Trinajstić information content (AvgIpc) is 2.17. The average molecular weight is 240 g/mol. The van der Waals surface area contributed by atoms with E-state index in [0.717, 1.165) is 0 Å². The van der Waals surface area contributed by atoms with E-state index in [0.29, 0.717) is 33.0 Å². The van der Waals surface area contributed by atoms with Gasteiger partial charge in [-0.1, -0.05) is 0 Å². The summed E-state index contributed by atoms with van der Waals surface area (Å²) in [6.07, 6.45) is -3.72. The van der Waals surface area contributed by atoms with Crippen LogP contribution in [0.2, 0.25) is 0 Å². The van der Waals surface area contributed by atoms with Crippen molar-refractivity contribution in [1.82, 2.24) is 5.32 Å². The molecule has 1 rings (SSSR count). The largest absolute Gasteiger partial charge is 0.415 e. The van der Waals surface area contributed by atoms with Crippen LogP contribution in [0.4, 0.5) is 13.2 Å². The highest BCUT2D eigenvalue weighted by Gasteiger charge is 2.54. The summed E-state index contributed by atoms with van der Waals surface area (Å²) in [5.41, 5.74) is 2.14. The summed E-state index contributed by atoms with van der Waals surface area (Å²) in [6, 6.07) is -0.286. The number of carbonyl (C=O) groups excluding carboxylic acids is 1. The van der Waals surface area contributed by atoms with Crippen LogP contribution in [-0.2, 0) is 9.53 Å². The zero-order valence-electron chi connectivity index (χ0n) is 8.93. The fraction of sp³-hybridized carbons (Fsp3) is 0.889. The molecular weight excluding hydrogens is 225 g/mol. The van der Waals surface area contributed by atoms with Gasteiger partial charge in [-0.25, -0.2) is 0 Å². The van der Waals surface area contributed by atoms with Crippen LogP contribution in [0, 0.1) is 0 Å². The Morgan fingerprint density at radius 2 is 1.88 bits per heavy atom. The molecule has 1 fully saturated rings. The first kappa shape index (κ1) is 13.2. The first-order chi connectivity index (χ1) is 7.25. The highest BCUT2D eigenvalue weighted by molar-refractivity contribution is 5.86. The van der Waals surface area contributed by atoms with Crippen LogP contribution in [0.5, 0.6) is 0 Å². The molecule has 1 saturated heterocycles. The molecular formula is C9H15F3N2O2. The molecule has 1 aliphatic rings. The maximum absolute atomic E-state index is 12.4. The number of hydrogen-bond donors (Lipinski definition) is 2. The van der Waals surface area contributed by atoms with Crippen LogP contribution in [0.1, 0.15) is 19.8 Å². The number of amides is 1. The second-order valence-electron chi connectivity index (χ2n) is 4.06. The SMILES string of the molecule is CC(N)(C(=O)NC1CCOCC1)C(F)(F)F. The van der Waals surface area contributed by atoms with Crippen LogP contribution in [0.15, 0.2) is 0 Å². The Labute approximate surface area is 91.3 Å². The lowest BCUT2D eigenvalue weighted by atomic mass is 10.0. The monoisotopic (exact) mass is 240 g/mol. The Balaban J connectivity index is 2.57. The molecule has 94 valence electrons. The second-order valence-corrected chi connectivity index (χ2v) is 4.06. The standard InChI is InChI=1S/C9H15F3N2O2/c1-8(13,9(10,11)12)7(15)14-6-2-4-16-5-3-6/h6H,2-5,13H2,1H3,(H,14,15). The number of alkyl halides is 3. The maximum atomic E-state index is 12.4. The number of nitrogens with one attached hydrogen (secondary N) is 1. The van der Waals surface area contributed by atoms with Crippen molar-refractivity contribution in [2.24, 2.45) is 5.73 Å². The van der Waals surface area contributed by atoms with Gasteiger partial charge in [0.25, 0.3) is 0 Å². The molecule has 7 heteroatoms. The molecule has 0 radical (unpaired) electrons. The van der Waals surface area contributed by atoms with E-state index in [4.69, 9.17) is 10.5 Å². The van der Waals surface area contributed by atoms with Gasteiger partial charge >= 0.3 is 6.18 Å². The molecule has 1 atom stereocenters. The van der Waals surface area contributed by atoms with E-state index >= 15 is 0 Å². The molecule has 1 unspecified atom stereocenters. The third-order valence-electron chi connectivity index (χ3n) is 2.62. The minimum absolute atomic E-state index is 0.286. The number of nitrogens with two attached hydrogens (primary N) is 1. The van der Waals surface area contributed by atoms with E-state index in [1.54, 1.807) is 0 Å². The third-order valence-corrected chi connectivity index (χ3v) is 2.62. The van der Waals surface area contributed by atoms with Crippen LogP contribution in [0.3, 0.4) is 0 Å². The predicted octanol–water partition coefficient (Wildman–Crippen LogP) is 0.561. The summed E-state index contributed by atoms with van der Waals surface area (Å²) >= 11 is 0. The summed E-state index contributed by atoms with van der Waals surface area (Å²) in [7, 11) is 0. The fourth-order valence-electron chi connectivity index (χ4n) is 1.31. The van der Waals surface area contributed by atoms with Gasteiger partial charge in [0.1, 0.15) is 0 Å². The Morgan fingerprint density at radius 1 is 1.38 bits per heavy atom. The summed E-state index contributed by atoms with van der Waals surface area (Å²) in [6.45, 7) is 1.55. The van der Waals surface area contributed by atoms with Crippen molar-refractivity contribution in [3.63, 3.8) is 0 Å². The van der Waals surface area contributed by atoms with Crippen molar-refractivity contribution in [2.75, 3.05) is 13.2 Å². The predicted molar refractivity (Wildman–Crippen MR) is 50.6 cm³/mol. The van der Waals surface area contributed by atoms with Crippen molar-refractivity contribution in [2.45, 2.75) is 37.5 Å². The number of carbonyl (C=O) groups is 1. The van der Waals surface area contributed by atoms with Crippen LogP contribution in [-0.4, -0.2) is 36.9 Å². The topological polar surface area (TPSA) is 64.4 Å². The van der Waals surface area contributed by atoms with Crippen LogP contribution in [0.25, 0.3) is 0 Å². The quantitative estimate of drug-likeness (QED) is 0.741. The van der Waals surface area contributed by atoms with Crippen molar-refractivity contribution in [3.05, 3.63) is 0 Å². The molecule has 0 aromatic carbocycles. The van der Waals surface area contributed by atoms with E-state index in [1.807, 2.05) is 0 Å². The summed E-state index contributed by atoms with van der Waals surface area (Å²) in [4.78, 5) is 11.4. The van der Waals surface area contributed by atoms with E-state index in [2.05, 4.69) is 5.32 Å². The molecule has 1 aliphatic heterocycles. The zero-order valence-corrected chi connectivity index (χ0v) is 8.93. The highest BCUT2D eigenvalue weighted by atomic mass is 19.4. The molecule has 0 bridgehead atoms. The van der Waals surface area contributed by atoms with Crippen molar-refractivity contribution < 1.29 is 22.7 Å². The molecule has 0 aromatic heterocycles. The maximum Gasteiger partial charge on any atom is 0.415 e. The molecule has 1 heterocycles. The number of halogens is 3. The fourth-order valence-corrected chi connectivity index (χ4v) is 1.31. The summed E-state index contributed by atoms with van der Waals surface area (Å²) in [5, 5.41) is 2.30. The normalized spacial score (nSPS) is 22.6. The van der Waals surface area contributed by atoms with Gasteiger partial charge in [0.2, 0.25) is 5.91 Å². The smallest absolute Gasteiger partial charge is 0.381 e. The van der Waals surface area contributed by atoms with Crippen LogP contribution >= 0.6 is 0 Å². The lowest BCUT2D eigenvalue weighted by Gasteiger charge is -2.30. The number of rotatable bonds is 2. The zero-order chi connectivity index (χ0) is 12.4. The van der Waals surface area contributed by atoms with E-state index in [1.165, 1.54) is 0 Å². The van der Waals surface area contributed by atoms with Crippen molar-refractivity contribution in [1.29, 1.82) is 0 Å². The summed E-state index contributed by atoms with van der Waals surface area (Å²) in [5.74, 6) is -1.19. The van der Waals surface area contributed by atoms with Gasteiger partial charge in [-0.15, -0.1) is 0 Å². The van der Waals surface area contributed by atoms with E-state index in [9.17, 15) is 18.0 Å². The lowest BCUT2D eigenvalue weighted by molar-refractivity contribution is -0.188. The molecule has 0 saturated carbocycles. The van der Waals surface area contributed by atoms with Gasteiger partial charge in [0.15, 0.2) is 5.54 Å². The Kier molecular flexibility index (Phi) is 3.80. The first-order valence-corrected chi connectivity index (χ1v) is 4.99. The van der Waals surface area contributed by atoms with Gasteiger partial charge in [-0.3, -0.25) is 4.79 Å². The van der Waals surface area contributed by atoms with Gasteiger partial charge in [0.05, 0.1) is 0 Å². The number of hydrogen-bond acceptors (Lipinski definition) is 3. The Morgan fingerprint density at radius 3 is 2.31 bits per heavy atom. The summed E-state index contributed by atoms with van der Waals surface area (Å²) < 4.78 is 42.3. The van der Waals surface area contributed by atoms with E-state index < -0.39 is 17.6 Å².